The Morgan fingerprint density at radius 3 is 2.67 bits per heavy atom. The number of allylic oxidation sites excluding steroid dienone is 1. The first kappa shape index (κ1) is 15.4. The monoisotopic (exact) mass is 285 g/mol. The molecule has 0 aliphatic rings. The summed E-state index contributed by atoms with van der Waals surface area (Å²) in [4.78, 5) is 15.1. The maximum Gasteiger partial charge on any atom is 0.251 e. The number of rotatable bonds is 4. The molecule has 1 aromatic heterocycles. The first-order valence-electron chi connectivity index (χ1n) is 7.33. The summed E-state index contributed by atoms with van der Waals surface area (Å²) in [5.74, 6) is 0.996. The minimum atomic E-state index is -0.0120. The highest BCUT2D eigenvalue weighted by molar-refractivity contribution is 5.88. The minimum Gasteiger partial charge on any atom is -0.489 e. The molecule has 21 heavy (non-hydrogen) atoms. The Morgan fingerprint density at radius 2 is 2.05 bits per heavy atom. The zero-order valence-corrected chi connectivity index (χ0v) is 13.4. The Kier molecular flexibility index (Phi) is 4.51. The molecule has 0 aliphatic carbocycles. The number of hydrogen-bond acceptors (Lipinski definition) is 2. The number of aromatic amines is 1. The summed E-state index contributed by atoms with van der Waals surface area (Å²) >= 11 is 0. The highest BCUT2D eigenvalue weighted by Crippen LogP contribution is 2.28. The van der Waals surface area contributed by atoms with Crippen LogP contribution in [-0.4, -0.2) is 11.6 Å². The zero-order valence-electron chi connectivity index (χ0n) is 13.4. The van der Waals surface area contributed by atoms with Crippen LogP contribution in [0.25, 0.3) is 10.9 Å². The van der Waals surface area contributed by atoms with Gasteiger partial charge in [-0.05, 0) is 50.5 Å². The van der Waals surface area contributed by atoms with Gasteiger partial charge in [0.1, 0.15) is 12.4 Å². The highest BCUT2D eigenvalue weighted by atomic mass is 16.5. The van der Waals surface area contributed by atoms with E-state index in [1.54, 1.807) is 0 Å². The van der Waals surface area contributed by atoms with E-state index in [9.17, 15) is 4.79 Å². The Hall–Kier alpha value is -2.03. The molecule has 2 rings (SSSR count). The van der Waals surface area contributed by atoms with Crippen LogP contribution in [-0.2, 0) is 0 Å². The van der Waals surface area contributed by atoms with Crippen LogP contribution in [0.2, 0.25) is 0 Å². The van der Waals surface area contributed by atoms with Crippen LogP contribution >= 0.6 is 0 Å². The van der Waals surface area contributed by atoms with Crippen LogP contribution in [0.1, 0.15) is 44.7 Å². The third-order valence-corrected chi connectivity index (χ3v) is 3.57. The van der Waals surface area contributed by atoms with E-state index in [4.69, 9.17) is 4.74 Å². The van der Waals surface area contributed by atoms with E-state index in [1.165, 1.54) is 5.57 Å². The van der Waals surface area contributed by atoms with Gasteiger partial charge in [-0.1, -0.05) is 25.5 Å². The van der Waals surface area contributed by atoms with Crippen LogP contribution < -0.4 is 10.3 Å². The Bertz CT molecular complexity index is 735. The van der Waals surface area contributed by atoms with Gasteiger partial charge in [0.15, 0.2) is 0 Å². The van der Waals surface area contributed by atoms with Gasteiger partial charge in [0.2, 0.25) is 0 Å². The first-order valence-corrected chi connectivity index (χ1v) is 7.33. The minimum absolute atomic E-state index is 0.0120. The fourth-order valence-electron chi connectivity index (χ4n) is 2.28. The largest absolute Gasteiger partial charge is 0.489 e. The lowest BCUT2D eigenvalue weighted by Crippen LogP contribution is -2.14. The van der Waals surface area contributed by atoms with E-state index in [2.05, 4.69) is 4.98 Å². The molecule has 0 amide bonds. The van der Waals surface area contributed by atoms with Crippen molar-refractivity contribution < 1.29 is 4.74 Å². The number of fused-ring (bicyclic) bond motifs is 1. The molecule has 0 spiro atoms. The first-order chi connectivity index (χ1) is 9.90. The van der Waals surface area contributed by atoms with Crippen LogP contribution in [0.4, 0.5) is 0 Å². The molecule has 0 radical (unpaired) electrons. The number of hydrogen-bond donors (Lipinski definition) is 1. The number of nitrogens with one attached hydrogen (secondary N) is 1. The van der Waals surface area contributed by atoms with Crippen molar-refractivity contribution in [2.45, 2.75) is 40.5 Å². The molecule has 0 aliphatic heterocycles. The van der Waals surface area contributed by atoms with Crippen molar-refractivity contribution in [2.24, 2.45) is 0 Å². The van der Waals surface area contributed by atoms with E-state index in [1.807, 2.05) is 58.9 Å². The molecular formula is C18H23NO2. The Morgan fingerprint density at radius 1 is 1.33 bits per heavy atom. The number of ether oxygens (including phenoxy) is 1. The van der Waals surface area contributed by atoms with Crippen molar-refractivity contribution in [1.82, 2.24) is 4.98 Å². The van der Waals surface area contributed by atoms with E-state index < -0.39 is 0 Å². The maximum atomic E-state index is 12.1. The van der Waals surface area contributed by atoms with E-state index in [0.29, 0.717) is 6.61 Å². The third-order valence-electron chi connectivity index (χ3n) is 3.57. The molecule has 0 unspecified atom stereocenters. The molecule has 0 bridgehead atoms. The lowest BCUT2D eigenvalue weighted by atomic mass is 10.0. The maximum absolute atomic E-state index is 12.1. The molecule has 1 aromatic carbocycles. The van der Waals surface area contributed by atoms with Crippen molar-refractivity contribution in [3.63, 3.8) is 0 Å². The predicted molar refractivity (Wildman–Crippen MR) is 88.3 cm³/mol. The van der Waals surface area contributed by atoms with Crippen LogP contribution in [0, 0.1) is 6.92 Å². The van der Waals surface area contributed by atoms with Gasteiger partial charge in [-0.15, -0.1) is 0 Å². The van der Waals surface area contributed by atoms with Crippen molar-refractivity contribution in [3.8, 4) is 5.75 Å². The van der Waals surface area contributed by atoms with Gasteiger partial charge < -0.3 is 9.72 Å². The molecule has 3 nitrogen and oxygen atoms in total. The number of pyridine rings is 1. The van der Waals surface area contributed by atoms with Crippen LogP contribution in [0.15, 0.2) is 34.6 Å². The summed E-state index contributed by atoms with van der Waals surface area (Å²) in [5.41, 5.74) is 3.91. The van der Waals surface area contributed by atoms with E-state index in [0.717, 1.165) is 27.8 Å². The molecule has 1 heterocycles. The molecule has 0 saturated carbocycles. The van der Waals surface area contributed by atoms with Gasteiger partial charge in [-0.3, -0.25) is 4.79 Å². The normalized spacial score (nSPS) is 11.0. The average Bonchev–Trinajstić information content (AvgIpc) is 2.40. The second kappa shape index (κ2) is 6.17. The molecule has 112 valence electrons. The van der Waals surface area contributed by atoms with Crippen molar-refractivity contribution in [3.05, 3.63) is 51.3 Å². The number of aromatic nitrogens is 1. The molecular weight excluding hydrogens is 262 g/mol. The average molecular weight is 285 g/mol. The summed E-state index contributed by atoms with van der Waals surface area (Å²) < 4.78 is 5.86. The van der Waals surface area contributed by atoms with Gasteiger partial charge in [0, 0.05) is 10.9 Å². The summed E-state index contributed by atoms with van der Waals surface area (Å²) in [6.07, 6.45) is 2.04. The van der Waals surface area contributed by atoms with Crippen molar-refractivity contribution in [2.75, 3.05) is 6.61 Å². The van der Waals surface area contributed by atoms with Crippen molar-refractivity contribution >= 4 is 10.9 Å². The van der Waals surface area contributed by atoms with Gasteiger partial charge in [0.05, 0.1) is 5.52 Å². The van der Waals surface area contributed by atoms with E-state index in [-0.39, 0.29) is 11.5 Å². The molecule has 2 aromatic rings. The number of benzene rings is 1. The molecule has 3 heteroatoms. The number of H-pyrrole nitrogens is 1. The summed E-state index contributed by atoms with van der Waals surface area (Å²) in [7, 11) is 0. The fraction of sp³-hybridized carbons (Fsp3) is 0.389. The van der Waals surface area contributed by atoms with Gasteiger partial charge in [0.25, 0.3) is 5.56 Å². The number of aryl methyl sites for hydroxylation is 1. The van der Waals surface area contributed by atoms with Gasteiger partial charge >= 0.3 is 0 Å². The lowest BCUT2D eigenvalue weighted by molar-refractivity contribution is 0.366. The topological polar surface area (TPSA) is 42.1 Å². The second-order valence-corrected chi connectivity index (χ2v) is 5.97. The highest BCUT2D eigenvalue weighted by Gasteiger charge is 2.11. The van der Waals surface area contributed by atoms with E-state index >= 15 is 0 Å². The summed E-state index contributed by atoms with van der Waals surface area (Å²) in [6.45, 7) is 10.7. The predicted octanol–water partition coefficient (Wildman–Crippen LogP) is 4.30. The Balaban J connectivity index is 2.56. The lowest BCUT2D eigenvalue weighted by Gasteiger charge is -2.12. The molecule has 1 N–H and O–H groups in total. The second-order valence-electron chi connectivity index (χ2n) is 5.97. The summed E-state index contributed by atoms with van der Waals surface area (Å²) in [6, 6.07) is 5.91. The fourth-order valence-corrected chi connectivity index (χ4v) is 2.28. The molecule has 0 fully saturated rings. The van der Waals surface area contributed by atoms with Crippen LogP contribution in [0.3, 0.4) is 0 Å². The van der Waals surface area contributed by atoms with Crippen LogP contribution in [0.5, 0.6) is 5.75 Å². The van der Waals surface area contributed by atoms with Gasteiger partial charge in [-0.25, -0.2) is 0 Å². The zero-order chi connectivity index (χ0) is 15.6. The molecule has 0 atom stereocenters. The third kappa shape index (κ3) is 3.35. The summed E-state index contributed by atoms with van der Waals surface area (Å²) in [5, 5.41) is 0.973. The Labute approximate surface area is 125 Å². The molecule has 0 saturated heterocycles. The quantitative estimate of drug-likeness (QED) is 0.851. The van der Waals surface area contributed by atoms with Crippen molar-refractivity contribution in [1.29, 1.82) is 0 Å². The SMILES string of the molecule is CC(C)=CCOc1ccc(C)c2[nH]c(=O)c(C(C)C)cc12. The smallest absolute Gasteiger partial charge is 0.251 e. The van der Waals surface area contributed by atoms with Gasteiger partial charge in [-0.2, -0.15) is 0 Å². The standard InChI is InChI=1S/C18H23NO2/c1-11(2)8-9-21-16-7-6-13(5)17-15(16)10-14(12(3)4)18(20)19-17/h6-8,10,12H,9H2,1-5H3,(H,19,20).